The van der Waals surface area contributed by atoms with Gasteiger partial charge in [0.05, 0.1) is 11.6 Å². The van der Waals surface area contributed by atoms with Crippen LogP contribution < -0.4 is 4.74 Å². The quantitative estimate of drug-likeness (QED) is 0.773. The molecule has 7 heteroatoms. The lowest BCUT2D eigenvalue weighted by Gasteiger charge is -2.24. The predicted octanol–water partition coefficient (Wildman–Crippen LogP) is 4.82. The van der Waals surface area contributed by atoms with Gasteiger partial charge in [0.15, 0.2) is 6.61 Å². The van der Waals surface area contributed by atoms with Gasteiger partial charge in [0.1, 0.15) is 5.75 Å². The maximum atomic E-state index is 12.7. The Labute approximate surface area is 148 Å². The van der Waals surface area contributed by atoms with E-state index < -0.39 is 11.7 Å². The monoisotopic (exact) mass is 369 g/mol. The van der Waals surface area contributed by atoms with Crippen molar-refractivity contribution in [3.63, 3.8) is 0 Å². The van der Waals surface area contributed by atoms with E-state index in [1.54, 1.807) is 16.2 Å². The maximum Gasteiger partial charge on any atom is 0.416 e. The van der Waals surface area contributed by atoms with E-state index in [0.29, 0.717) is 6.54 Å². The van der Waals surface area contributed by atoms with Crippen LogP contribution in [0.4, 0.5) is 13.2 Å². The minimum absolute atomic E-state index is 0.0382. The first-order chi connectivity index (χ1) is 11.8. The van der Waals surface area contributed by atoms with Gasteiger partial charge < -0.3 is 9.64 Å². The van der Waals surface area contributed by atoms with E-state index in [-0.39, 0.29) is 24.3 Å². The van der Waals surface area contributed by atoms with Gasteiger partial charge in [-0.15, -0.1) is 11.3 Å². The summed E-state index contributed by atoms with van der Waals surface area (Å²) in [5, 5.41) is 0. The molecule has 2 heterocycles. The zero-order valence-corrected chi connectivity index (χ0v) is 14.5. The Balaban J connectivity index is 1.64. The molecule has 0 aliphatic carbocycles. The van der Waals surface area contributed by atoms with Crippen LogP contribution >= 0.6 is 11.3 Å². The van der Waals surface area contributed by atoms with Gasteiger partial charge in [0.2, 0.25) is 0 Å². The smallest absolute Gasteiger partial charge is 0.416 e. The standard InChI is InChI=1S/C18H18F3NO2S/c1-12-7-8-16(25-12)15-6-3-9-22(15)17(23)11-24-14-5-2-4-13(10-14)18(19,20)21/h2,4-5,7-8,10,15H,3,6,9,11H2,1H3. The van der Waals surface area contributed by atoms with Crippen LogP contribution in [0.3, 0.4) is 0 Å². The van der Waals surface area contributed by atoms with Crippen LogP contribution in [0.5, 0.6) is 5.75 Å². The largest absolute Gasteiger partial charge is 0.484 e. The first-order valence-electron chi connectivity index (χ1n) is 8.00. The van der Waals surface area contributed by atoms with Gasteiger partial charge in [-0.1, -0.05) is 6.07 Å². The van der Waals surface area contributed by atoms with Crippen molar-refractivity contribution >= 4 is 17.2 Å². The van der Waals surface area contributed by atoms with E-state index in [1.807, 2.05) is 19.1 Å². The molecule has 1 saturated heterocycles. The summed E-state index contributed by atoms with van der Waals surface area (Å²) in [7, 11) is 0. The number of benzene rings is 1. The van der Waals surface area contributed by atoms with Gasteiger partial charge in [-0.05, 0) is 50.1 Å². The fraction of sp³-hybridized carbons (Fsp3) is 0.389. The zero-order chi connectivity index (χ0) is 18.0. The number of amides is 1. The fourth-order valence-electron chi connectivity index (χ4n) is 2.98. The molecule has 1 aromatic carbocycles. The van der Waals surface area contributed by atoms with Crippen molar-refractivity contribution in [2.24, 2.45) is 0 Å². The number of rotatable bonds is 4. The number of alkyl halides is 3. The molecule has 1 fully saturated rings. The van der Waals surface area contributed by atoms with E-state index in [2.05, 4.69) is 0 Å². The Morgan fingerprint density at radius 3 is 2.80 bits per heavy atom. The Hall–Kier alpha value is -2.02. The lowest BCUT2D eigenvalue weighted by atomic mass is 10.2. The number of hydrogen-bond donors (Lipinski definition) is 0. The van der Waals surface area contributed by atoms with Crippen LogP contribution in [0.15, 0.2) is 36.4 Å². The summed E-state index contributed by atoms with van der Waals surface area (Å²) in [5.41, 5.74) is -0.787. The van der Waals surface area contributed by atoms with E-state index in [4.69, 9.17) is 4.74 Å². The summed E-state index contributed by atoms with van der Waals surface area (Å²) in [6.07, 6.45) is -2.62. The molecule has 0 saturated carbocycles. The molecule has 2 aromatic rings. The van der Waals surface area contributed by atoms with Crippen LogP contribution in [-0.2, 0) is 11.0 Å². The van der Waals surface area contributed by atoms with Crippen LogP contribution in [-0.4, -0.2) is 24.0 Å². The number of aryl methyl sites for hydroxylation is 1. The number of carbonyl (C=O) groups is 1. The molecule has 1 atom stereocenters. The highest BCUT2D eigenvalue weighted by Crippen LogP contribution is 2.36. The van der Waals surface area contributed by atoms with Crippen molar-refractivity contribution in [3.8, 4) is 5.75 Å². The van der Waals surface area contributed by atoms with Crippen molar-refractivity contribution in [2.45, 2.75) is 32.0 Å². The first kappa shape index (κ1) is 17.8. The average molecular weight is 369 g/mol. The van der Waals surface area contributed by atoms with E-state index in [1.165, 1.54) is 17.0 Å². The second-order valence-electron chi connectivity index (χ2n) is 6.01. The molecule has 0 N–H and O–H groups in total. The summed E-state index contributed by atoms with van der Waals surface area (Å²) in [6, 6.07) is 8.69. The zero-order valence-electron chi connectivity index (χ0n) is 13.7. The van der Waals surface area contributed by atoms with Crippen LogP contribution in [0.1, 0.15) is 34.2 Å². The highest BCUT2D eigenvalue weighted by atomic mass is 32.1. The van der Waals surface area contributed by atoms with Gasteiger partial charge in [-0.2, -0.15) is 13.2 Å². The molecule has 0 radical (unpaired) electrons. The summed E-state index contributed by atoms with van der Waals surface area (Å²) in [4.78, 5) is 16.6. The third-order valence-electron chi connectivity index (χ3n) is 4.19. The highest BCUT2D eigenvalue weighted by molar-refractivity contribution is 7.12. The number of halogens is 3. The lowest BCUT2D eigenvalue weighted by Crippen LogP contribution is -2.34. The van der Waals surface area contributed by atoms with Crippen molar-refractivity contribution in [3.05, 3.63) is 51.7 Å². The van der Waals surface area contributed by atoms with Crippen LogP contribution in [0, 0.1) is 6.92 Å². The van der Waals surface area contributed by atoms with Gasteiger partial charge >= 0.3 is 6.18 Å². The maximum absolute atomic E-state index is 12.7. The number of carbonyl (C=O) groups excluding carboxylic acids is 1. The fourth-order valence-corrected chi connectivity index (χ4v) is 4.01. The van der Waals surface area contributed by atoms with E-state index >= 15 is 0 Å². The molecule has 1 aliphatic rings. The van der Waals surface area contributed by atoms with E-state index in [9.17, 15) is 18.0 Å². The third-order valence-corrected chi connectivity index (χ3v) is 5.29. The number of nitrogens with zero attached hydrogens (tertiary/aromatic N) is 1. The molecule has 134 valence electrons. The van der Waals surface area contributed by atoms with Crippen molar-refractivity contribution in [1.82, 2.24) is 4.90 Å². The molecule has 1 unspecified atom stereocenters. The molecule has 0 spiro atoms. The summed E-state index contributed by atoms with van der Waals surface area (Å²) in [6.45, 7) is 2.40. The minimum Gasteiger partial charge on any atom is -0.484 e. The first-order valence-corrected chi connectivity index (χ1v) is 8.82. The second kappa shape index (κ2) is 7.07. The molecular formula is C18H18F3NO2S. The summed E-state index contributed by atoms with van der Waals surface area (Å²) in [5.74, 6) is -0.156. The predicted molar refractivity (Wildman–Crippen MR) is 89.7 cm³/mol. The van der Waals surface area contributed by atoms with Crippen molar-refractivity contribution < 1.29 is 22.7 Å². The minimum atomic E-state index is -4.43. The van der Waals surface area contributed by atoms with Gasteiger partial charge in [-0.25, -0.2) is 0 Å². The van der Waals surface area contributed by atoms with Gasteiger partial charge in [-0.3, -0.25) is 4.79 Å². The molecular weight excluding hydrogens is 351 g/mol. The van der Waals surface area contributed by atoms with Crippen LogP contribution in [0.25, 0.3) is 0 Å². The number of hydrogen-bond acceptors (Lipinski definition) is 3. The van der Waals surface area contributed by atoms with Crippen LogP contribution in [0.2, 0.25) is 0 Å². The summed E-state index contributed by atoms with van der Waals surface area (Å²) < 4.78 is 43.5. The normalized spacial score (nSPS) is 17.8. The van der Waals surface area contributed by atoms with Crippen molar-refractivity contribution in [1.29, 1.82) is 0 Å². The Bertz CT molecular complexity index is 757. The van der Waals surface area contributed by atoms with Gasteiger partial charge in [0.25, 0.3) is 5.91 Å². The topological polar surface area (TPSA) is 29.5 Å². The number of likely N-dealkylation sites (tertiary alicyclic amines) is 1. The number of thiophene rings is 1. The number of ether oxygens (including phenoxy) is 1. The molecule has 0 bridgehead atoms. The third kappa shape index (κ3) is 4.15. The summed E-state index contributed by atoms with van der Waals surface area (Å²) >= 11 is 1.67. The highest BCUT2D eigenvalue weighted by Gasteiger charge is 2.32. The van der Waals surface area contributed by atoms with Crippen molar-refractivity contribution in [2.75, 3.05) is 13.2 Å². The molecule has 3 nitrogen and oxygen atoms in total. The second-order valence-corrected chi connectivity index (χ2v) is 7.33. The Morgan fingerprint density at radius 2 is 2.12 bits per heavy atom. The molecule has 1 aliphatic heterocycles. The molecule has 1 aromatic heterocycles. The Kier molecular flexibility index (Phi) is 5.03. The molecule has 25 heavy (non-hydrogen) atoms. The molecule has 1 amide bonds. The van der Waals surface area contributed by atoms with Gasteiger partial charge in [0, 0.05) is 16.3 Å². The average Bonchev–Trinajstić information content (AvgIpc) is 3.20. The lowest BCUT2D eigenvalue weighted by molar-refractivity contribution is -0.137. The molecule has 3 rings (SSSR count). The Morgan fingerprint density at radius 1 is 1.32 bits per heavy atom. The SMILES string of the molecule is Cc1ccc(C2CCCN2C(=O)COc2cccc(C(F)(F)F)c2)s1. The van der Waals surface area contributed by atoms with E-state index in [0.717, 1.165) is 29.9 Å².